The van der Waals surface area contributed by atoms with Crippen molar-refractivity contribution < 1.29 is 13.5 Å². The van der Waals surface area contributed by atoms with Gasteiger partial charge in [-0.1, -0.05) is 48.0 Å². The molecule has 3 aromatic carbocycles. The molecule has 4 heteroatoms. The number of hydrogen-bond acceptors (Lipinski definition) is 2. The van der Waals surface area contributed by atoms with Gasteiger partial charge in [-0.25, -0.2) is 8.78 Å². The van der Waals surface area contributed by atoms with E-state index in [1.807, 2.05) is 54.6 Å². The molecule has 4 rings (SSSR count). The van der Waals surface area contributed by atoms with E-state index < -0.39 is 0 Å². The van der Waals surface area contributed by atoms with Crippen molar-refractivity contribution in [2.24, 2.45) is 0 Å². The van der Waals surface area contributed by atoms with Gasteiger partial charge in [0.05, 0.1) is 6.61 Å². The van der Waals surface area contributed by atoms with E-state index in [0.29, 0.717) is 6.61 Å². The summed E-state index contributed by atoms with van der Waals surface area (Å²) in [6.45, 7) is 3.67. The number of piperidine rings is 1. The van der Waals surface area contributed by atoms with E-state index >= 15 is 0 Å². The predicted molar refractivity (Wildman–Crippen MR) is 121 cm³/mol. The maximum absolute atomic E-state index is 13.5. The lowest BCUT2D eigenvalue weighted by Crippen LogP contribution is -2.32. The molecule has 0 atom stereocenters. The van der Waals surface area contributed by atoms with Crippen molar-refractivity contribution >= 4 is 5.57 Å². The maximum Gasteiger partial charge on any atom is 0.123 e. The second-order valence-corrected chi connectivity index (χ2v) is 7.85. The minimum Gasteiger partial charge on any atom is -0.494 e. The van der Waals surface area contributed by atoms with Crippen LogP contribution in [0.2, 0.25) is 0 Å². The standard InChI is InChI=1S/C27H27F2NO/c28-24-11-7-21(8-12-24)27(22-9-13-25(29)14-10-22)23-15-18-30(19-16-23)17-4-20-31-26-5-2-1-3-6-26/h1-3,5-14H,4,15-20H2. The molecular weight excluding hydrogens is 392 g/mol. The quantitative estimate of drug-likeness (QED) is 0.415. The van der Waals surface area contributed by atoms with Crippen LogP contribution in [0, 0.1) is 11.6 Å². The number of likely N-dealkylation sites (tertiary alicyclic amines) is 1. The average Bonchev–Trinajstić information content (AvgIpc) is 2.81. The number of para-hydroxylation sites is 1. The first-order chi connectivity index (χ1) is 15.2. The zero-order valence-electron chi connectivity index (χ0n) is 17.6. The van der Waals surface area contributed by atoms with E-state index in [2.05, 4.69) is 4.90 Å². The van der Waals surface area contributed by atoms with E-state index in [1.165, 1.54) is 29.8 Å². The van der Waals surface area contributed by atoms with Crippen molar-refractivity contribution in [1.82, 2.24) is 4.90 Å². The van der Waals surface area contributed by atoms with E-state index in [-0.39, 0.29) is 11.6 Å². The summed E-state index contributed by atoms with van der Waals surface area (Å²) in [6, 6.07) is 23.1. The first kappa shape index (κ1) is 21.3. The van der Waals surface area contributed by atoms with E-state index in [0.717, 1.165) is 61.3 Å². The monoisotopic (exact) mass is 419 g/mol. The summed E-state index contributed by atoms with van der Waals surface area (Å²) < 4.78 is 32.7. The van der Waals surface area contributed by atoms with E-state index in [4.69, 9.17) is 4.74 Å². The lowest BCUT2D eigenvalue weighted by molar-refractivity contribution is 0.223. The number of benzene rings is 3. The SMILES string of the molecule is Fc1ccc(C(=C2CCN(CCCOc3ccccc3)CC2)c2ccc(F)cc2)cc1. The Morgan fingerprint density at radius 1 is 0.742 bits per heavy atom. The van der Waals surface area contributed by atoms with Gasteiger partial charge in [0.1, 0.15) is 17.4 Å². The van der Waals surface area contributed by atoms with Gasteiger partial charge in [0.2, 0.25) is 0 Å². The Hall–Kier alpha value is -2.98. The van der Waals surface area contributed by atoms with Crippen LogP contribution in [0.4, 0.5) is 8.78 Å². The van der Waals surface area contributed by atoms with Gasteiger partial charge >= 0.3 is 0 Å². The van der Waals surface area contributed by atoms with Crippen LogP contribution in [0.25, 0.3) is 5.57 Å². The van der Waals surface area contributed by atoms with Crippen molar-refractivity contribution in [2.45, 2.75) is 19.3 Å². The molecule has 160 valence electrons. The Bertz CT molecular complexity index is 940. The molecule has 1 aliphatic heterocycles. The molecule has 1 heterocycles. The second-order valence-electron chi connectivity index (χ2n) is 7.85. The number of hydrogen-bond donors (Lipinski definition) is 0. The topological polar surface area (TPSA) is 12.5 Å². The molecule has 2 nitrogen and oxygen atoms in total. The normalized spacial score (nSPS) is 14.5. The van der Waals surface area contributed by atoms with Crippen LogP contribution in [-0.4, -0.2) is 31.1 Å². The summed E-state index contributed by atoms with van der Waals surface area (Å²) >= 11 is 0. The first-order valence-corrected chi connectivity index (χ1v) is 10.8. The van der Waals surface area contributed by atoms with Gasteiger partial charge in [0.15, 0.2) is 0 Å². The number of rotatable bonds is 7. The molecule has 0 spiro atoms. The molecule has 0 N–H and O–H groups in total. The Labute approximate surface area is 182 Å². The third kappa shape index (κ3) is 5.80. The van der Waals surface area contributed by atoms with Crippen LogP contribution in [0.15, 0.2) is 84.4 Å². The fourth-order valence-electron chi connectivity index (χ4n) is 4.10. The Kier molecular flexibility index (Phi) is 7.11. The molecule has 3 aromatic rings. The molecular formula is C27H27F2NO. The Balaban J connectivity index is 1.40. The van der Waals surface area contributed by atoms with Gasteiger partial charge in [0, 0.05) is 19.6 Å². The minimum atomic E-state index is -0.250. The molecule has 0 bridgehead atoms. The van der Waals surface area contributed by atoms with E-state index in [9.17, 15) is 8.78 Å². The number of halogens is 2. The fourth-order valence-corrected chi connectivity index (χ4v) is 4.10. The Morgan fingerprint density at radius 2 is 1.29 bits per heavy atom. The van der Waals surface area contributed by atoms with Crippen LogP contribution >= 0.6 is 0 Å². The van der Waals surface area contributed by atoms with Gasteiger partial charge in [0.25, 0.3) is 0 Å². The molecule has 0 aliphatic carbocycles. The van der Waals surface area contributed by atoms with Gasteiger partial charge in [-0.2, -0.15) is 0 Å². The average molecular weight is 420 g/mol. The van der Waals surface area contributed by atoms with Crippen molar-refractivity contribution in [3.63, 3.8) is 0 Å². The predicted octanol–water partition coefficient (Wildman–Crippen LogP) is 6.33. The summed E-state index contributed by atoms with van der Waals surface area (Å²) in [7, 11) is 0. The van der Waals surface area contributed by atoms with Crippen LogP contribution in [-0.2, 0) is 0 Å². The van der Waals surface area contributed by atoms with Crippen LogP contribution in [0.3, 0.4) is 0 Å². The molecule has 0 amide bonds. The fraction of sp³-hybridized carbons (Fsp3) is 0.259. The first-order valence-electron chi connectivity index (χ1n) is 10.8. The second kappa shape index (κ2) is 10.4. The van der Waals surface area contributed by atoms with E-state index in [1.54, 1.807) is 0 Å². The summed E-state index contributed by atoms with van der Waals surface area (Å²) in [4.78, 5) is 2.46. The Morgan fingerprint density at radius 3 is 1.84 bits per heavy atom. The zero-order chi connectivity index (χ0) is 21.5. The summed E-state index contributed by atoms with van der Waals surface area (Å²) in [5.74, 6) is 0.411. The van der Waals surface area contributed by atoms with Crippen molar-refractivity contribution in [1.29, 1.82) is 0 Å². The van der Waals surface area contributed by atoms with Crippen LogP contribution in [0.5, 0.6) is 5.75 Å². The summed E-state index contributed by atoms with van der Waals surface area (Å²) in [5, 5.41) is 0. The number of ether oxygens (including phenoxy) is 1. The molecule has 1 fully saturated rings. The lowest BCUT2D eigenvalue weighted by atomic mass is 9.88. The van der Waals surface area contributed by atoms with Crippen LogP contribution < -0.4 is 4.74 Å². The molecule has 31 heavy (non-hydrogen) atoms. The summed E-state index contributed by atoms with van der Waals surface area (Å²) in [6.07, 6.45) is 2.88. The van der Waals surface area contributed by atoms with Gasteiger partial charge in [-0.05, 0) is 72.4 Å². The van der Waals surface area contributed by atoms with Gasteiger partial charge in [-0.15, -0.1) is 0 Å². The van der Waals surface area contributed by atoms with Crippen molar-refractivity contribution in [3.05, 3.63) is 107 Å². The highest BCUT2D eigenvalue weighted by Crippen LogP contribution is 2.32. The van der Waals surface area contributed by atoms with Crippen molar-refractivity contribution in [3.8, 4) is 5.75 Å². The molecule has 0 aromatic heterocycles. The molecule has 0 unspecified atom stereocenters. The van der Waals surface area contributed by atoms with Crippen molar-refractivity contribution in [2.75, 3.05) is 26.2 Å². The highest BCUT2D eigenvalue weighted by Gasteiger charge is 2.19. The van der Waals surface area contributed by atoms with Crippen LogP contribution in [0.1, 0.15) is 30.4 Å². The highest BCUT2D eigenvalue weighted by atomic mass is 19.1. The molecule has 1 aliphatic rings. The highest BCUT2D eigenvalue weighted by molar-refractivity contribution is 5.82. The third-order valence-corrected chi connectivity index (χ3v) is 5.71. The minimum absolute atomic E-state index is 0.250. The molecule has 1 saturated heterocycles. The van der Waals surface area contributed by atoms with Gasteiger partial charge < -0.3 is 9.64 Å². The third-order valence-electron chi connectivity index (χ3n) is 5.71. The lowest BCUT2D eigenvalue weighted by Gasteiger charge is -2.30. The molecule has 0 radical (unpaired) electrons. The maximum atomic E-state index is 13.5. The molecule has 0 saturated carbocycles. The summed E-state index contributed by atoms with van der Waals surface area (Å²) in [5.41, 5.74) is 4.41. The smallest absolute Gasteiger partial charge is 0.123 e. The largest absolute Gasteiger partial charge is 0.494 e. The zero-order valence-corrected chi connectivity index (χ0v) is 17.6. The van der Waals surface area contributed by atoms with Gasteiger partial charge in [-0.3, -0.25) is 0 Å². The number of nitrogens with zero attached hydrogens (tertiary/aromatic N) is 1.